The lowest BCUT2D eigenvalue weighted by Gasteiger charge is -2.25. The number of ether oxygens (including phenoxy) is 2. The van der Waals surface area contributed by atoms with Crippen LogP contribution in [0.25, 0.3) is 0 Å². The summed E-state index contributed by atoms with van der Waals surface area (Å²) >= 11 is 0. The van der Waals surface area contributed by atoms with Crippen molar-refractivity contribution in [3.05, 3.63) is 34.4 Å². The van der Waals surface area contributed by atoms with E-state index in [0.717, 1.165) is 0 Å². The maximum absolute atomic E-state index is 12.4. The summed E-state index contributed by atoms with van der Waals surface area (Å²) in [7, 11) is 0. The average molecular weight is 352 g/mol. The summed E-state index contributed by atoms with van der Waals surface area (Å²) in [4.78, 5) is 34.5. The molecule has 0 radical (unpaired) electrons. The molecule has 8 heteroatoms. The lowest BCUT2D eigenvalue weighted by molar-refractivity contribution is -0.384. The van der Waals surface area contributed by atoms with Crippen LogP contribution in [0.1, 0.15) is 41.0 Å². The van der Waals surface area contributed by atoms with E-state index in [1.807, 2.05) is 6.92 Å². The van der Waals surface area contributed by atoms with Crippen molar-refractivity contribution in [2.24, 2.45) is 5.92 Å². The molecule has 0 aliphatic heterocycles. The van der Waals surface area contributed by atoms with Crippen LogP contribution in [-0.2, 0) is 9.53 Å². The lowest BCUT2D eigenvalue weighted by atomic mass is 9.99. The van der Waals surface area contributed by atoms with Crippen LogP contribution >= 0.6 is 0 Å². The summed E-state index contributed by atoms with van der Waals surface area (Å²) in [6, 6.07) is 4.24. The molecule has 2 atom stereocenters. The van der Waals surface area contributed by atoms with E-state index in [9.17, 15) is 19.7 Å². The van der Waals surface area contributed by atoms with Gasteiger partial charge in [0.1, 0.15) is 17.4 Å². The number of alkyl carbamates (subject to hydrolysis) is 1. The van der Waals surface area contributed by atoms with Gasteiger partial charge in [-0.05, 0) is 38.8 Å². The van der Waals surface area contributed by atoms with Crippen LogP contribution in [0.5, 0.6) is 5.75 Å². The van der Waals surface area contributed by atoms with Gasteiger partial charge in [0, 0.05) is 12.1 Å². The van der Waals surface area contributed by atoms with E-state index in [1.165, 1.54) is 24.3 Å². The van der Waals surface area contributed by atoms with Crippen LogP contribution in [0.3, 0.4) is 0 Å². The second-order valence-corrected chi connectivity index (χ2v) is 6.68. The molecule has 0 saturated heterocycles. The Kier molecular flexibility index (Phi) is 6.90. The zero-order valence-corrected chi connectivity index (χ0v) is 15.1. The number of non-ortho nitro benzene ring substituents is 1. The van der Waals surface area contributed by atoms with E-state index in [1.54, 1.807) is 27.7 Å². The Morgan fingerprint density at radius 1 is 1.24 bits per heavy atom. The standard InChI is InChI=1S/C17H24N2O6/c1-6-11(2)14(18-16(21)25-17(3,4)5)15(20)24-13-9-7-12(8-10-13)19(22)23/h7-11,14H,6H2,1-5H3,(H,18,21). The average Bonchev–Trinajstić information content (AvgIpc) is 2.50. The molecule has 1 aromatic carbocycles. The number of esters is 1. The molecule has 0 fully saturated rings. The number of nitro groups is 1. The van der Waals surface area contributed by atoms with Crippen molar-refractivity contribution in [1.29, 1.82) is 0 Å². The largest absolute Gasteiger partial charge is 0.444 e. The SMILES string of the molecule is CCC(C)C(NC(=O)OC(C)(C)C)C(=O)Oc1ccc([N+](=O)[O-])cc1. The van der Waals surface area contributed by atoms with Gasteiger partial charge < -0.3 is 14.8 Å². The van der Waals surface area contributed by atoms with Gasteiger partial charge in [0.25, 0.3) is 5.69 Å². The third-order valence-corrected chi connectivity index (χ3v) is 3.41. The van der Waals surface area contributed by atoms with Crippen molar-refractivity contribution in [3.63, 3.8) is 0 Å². The number of nitro benzene ring substituents is 1. The van der Waals surface area contributed by atoms with Crippen LogP contribution in [-0.4, -0.2) is 28.6 Å². The highest BCUT2D eigenvalue weighted by molar-refractivity contribution is 5.83. The van der Waals surface area contributed by atoms with Crippen molar-refractivity contribution in [2.45, 2.75) is 52.7 Å². The van der Waals surface area contributed by atoms with Gasteiger partial charge in [-0.1, -0.05) is 20.3 Å². The first-order valence-corrected chi connectivity index (χ1v) is 7.99. The maximum Gasteiger partial charge on any atom is 0.408 e. The highest BCUT2D eigenvalue weighted by Gasteiger charge is 2.30. The summed E-state index contributed by atoms with van der Waals surface area (Å²) in [6.45, 7) is 8.85. The number of rotatable bonds is 6. The molecular weight excluding hydrogens is 328 g/mol. The van der Waals surface area contributed by atoms with Crippen LogP contribution < -0.4 is 10.1 Å². The smallest absolute Gasteiger partial charge is 0.408 e. The highest BCUT2D eigenvalue weighted by Crippen LogP contribution is 2.19. The van der Waals surface area contributed by atoms with E-state index in [-0.39, 0.29) is 17.4 Å². The lowest BCUT2D eigenvalue weighted by Crippen LogP contribution is -2.48. The third kappa shape index (κ3) is 6.78. The van der Waals surface area contributed by atoms with Crippen LogP contribution in [0.2, 0.25) is 0 Å². The van der Waals surface area contributed by atoms with E-state index >= 15 is 0 Å². The Morgan fingerprint density at radius 2 is 1.80 bits per heavy atom. The molecule has 0 spiro atoms. The molecule has 0 heterocycles. The Morgan fingerprint density at radius 3 is 2.24 bits per heavy atom. The molecule has 0 aliphatic carbocycles. The van der Waals surface area contributed by atoms with E-state index in [4.69, 9.17) is 9.47 Å². The first-order valence-electron chi connectivity index (χ1n) is 7.99. The number of carbonyl (C=O) groups excluding carboxylic acids is 2. The Bertz CT molecular complexity index is 621. The van der Waals surface area contributed by atoms with Gasteiger partial charge in [-0.2, -0.15) is 0 Å². The molecule has 1 amide bonds. The molecule has 0 aliphatic rings. The number of benzene rings is 1. The summed E-state index contributed by atoms with van der Waals surface area (Å²) < 4.78 is 10.4. The minimum absolute atomic E-state index is 0.106. The fourth-order valence-electron chi connectivity index (χ4n) is 1.92. The molecule has 2 unspecified atom stereocenters. The predicted molar refractivity (Wildman–Crippen MR) is 91.3 cm³/mol. The fourth-order valence-corrected chi connectivity index (χ4v) is 1.92. The van der Waals surface area contributed by atoms with Crippen molar-refractivity contribution >= 4 is 17.7 Å². The van der Waals surface area contributed by atoms with Gasteiger partial charge in [0.15, 0.2) is 0 Å². The summed E-state index contributed by atoms with van der Waals surface area (Å²) in [5, 5.41) is 13.2. The van der Waals surface area contributed by atoms with Crippen molar-refractivity contribution in [1.82, 2.24) is 5.32 Å². The van der Waals surface area contributed by atoms with E-state index in [2.05, 4.69) is 5.32 Å². The topological polar surface area (TPSA) is 108 Å². The van der Waals surface area contributed by atoms with Crippen molar-refractivity contribution in [3.8, 4) is 5.75 Å². The second-order valence-electron chi connectivity index (χ2n) is 6.68. The fraction of sp³-hybridized carbons (Fsp3) is 0.529. The number of carbonyl (C=O) groups is 2. The van der Waals surface area contributed by atoms with Gasteiger partial charge in [0.2, 0.25) is 0 Å². The van der Waals surface area contributed by atoms with Gasteiger partial charge >= 0.3 is 12.1 Å². The van der Waals surface area contributed by atoms with Gasteiger partial charge in [-0.3, -0.25) is 10.1 Å². The first-order chi connectivity index (χ1) is 11.5. The second kappa shape index (κ2) is 8.46. The summed E-state index contributed by atoms with van der Waals surface area (Å²) in [5.41, 5.74) is -0.794. The first kappa shape index (κ1) is 20.4. The molecule has 1 rings (SSSR count). The van der Waals surface area contributed by atoms with E-state index in [0.29, 0.717) is 6.42 Å². The number of nitrogens with zero attached hydrogens (tertiary/aromatic N) is 1. The molecule has 1 aromatic rings. The summed E-state index contributed by atoms with van der Waals surface area (Å²) in [5.74, 6) is -0.679. The van der Waals surface area contributed by atoms with Crippen LogP contribution in [0.4, 0.5) is 10.5 Å². The van der Waals surface area contributed by atoms with Crippen molar-refractivity contribution < 1.29 is 24.0 Å². The minimum Gasteiger partial charge on any atom is -0.444 e. The number of hydrogen-bond donors (Lipinski definition) is 1. The number of nitrogens with one attached hydrogen (secondary N) is 1. The zero-order chi connectivity index (χ0) is 19.2. The quantitative estimate of drug-likeness (QED) is 0.364. The van der Waals surface area contributed by atoms with Crippen molar-refractivity contribution in [2.75, 3.05) is 0 Å². The zero-order valence-electron chi connectivity index (χ0n) is 15.1. The number of amides is 1. The third-order valence-electron chi connectivity index (χ3n) is 3.41. The van der Waals surface area contributed by atoms with E-state index < -0.39 is 28.6 Å². The molecule has 1 N–H and O–H groups in total. The molecule has 138 valence electrons. The van der Waals surface area contributed by atoms with Crippen LogP contribution in [0.15, 0.2) is 24.3 Å². The Labute approximate surface area is 146 Å². The molecule has 8 nitrogen and oxygen atoms in total. The highest BCUT2D eigenvalue weighted by atomic mass is 16.6. The molecule has 0 saturated carbocycles. The van der Waals surface area contributed by atoms with Gasteiger partial charge in [0.05, 0.1) is 4.92 Å². The molecule has 25 heavy (non-hydrogen) atoms. The van der Waals surface area contributed by atoms with Gasteiger partial charge in [-0.15, -0.1) is 0 Å². The predicted octanol–water partition coefficient (Wildman–Crippen LogP) is 3.44. The normalized spacial score (nSPS) is 13.5. The monoisotopic (exact) mass is 352 g/mol. The minimum atomic E-state index is -0.893. The maximum atomic E-state index is 12.4. The molecule has 0 aromatic heterocycles. The molecule has 0 bridgehead atoms. The molecular formula is C17H24N2O6. The Hall–Kier alpha value is -2.64. The van der Waals surface area contributed by atoms with Crippen LogP contribution in [0, 0.1) is 16.0 Å². The number of hydrogen-bond acceptors (Lipinski definition) is 6. The van der Waals surface area contributed by atoms with Gasteiger partial charge in [-0.25, -0.2) is 9.59 Å². The Balaban J connectivity index is 2.82. The summed E-state index contributed by atoms with van der Waals surface area (Å²) in [6.07, 6.45) is -0.0750.